The molecule has 0 radical (unpaired) electrons. The van der Waals surface area contributed by atoms with Crippen LogP contribution in [0.3, 0.4) is 0 Å². The average molecular weight is 259 g/mol. The minimum atomic E-state index is -0.298. The Labute approximate surface area is 109 Å². The largest absolute Gasteiger partial charge is 0.448 e. The number of nitrogens with zero attached hydrogens (tertiary/aromatic N) is 5. The second-order valence-corrected chi connectivity index (χ2v) is 4.25. The van der Waals surface area contributed by atoms with Crippen molar-refractivity contribution < 1.29 is 9.53 Å². The van der Waals surface area contributed by atoms with Gasteiger partial charge in [-0.1, -0.05) is 0 Å². The minimum absolute atomic E-state index is 0.298. The average Bonchev–Trinajstić information content (AvgIpc) is 2.99. The van der Waals surface area contributed by atoms with E-state index in [1.807, 2.05) is 19.2 Å². The molecule has 0 aliphatic carbocycles. The topological polar surface area (TPSA) is 73.1 Å². The third-order valence-corrected chi connectivity index (χ3v) is 2.97. The third-order valence-electron chi connectivity index (χ3n) is 2.97. The van der Waals surface area contributed by atoms with E-state index in [1.165, 1.54) is 0 Å². The number of hydrogen-bond acceptors (Lipinski definition) is 5. The number of pyridine rings is 1. The Kier molecular flexibility index (Phi) is 2.86. The molecular formula is C12H13N5O2. The van der Waals surface area contributed by atoms with Crippen LogP contribution in [0.25, 0.3) is 11.4 Å². The highest BCUT2D eigenvalue weighted by Gasteiger charge is 2.24. The van der Waals surface area contributed by atoms with Crippen LogP contribution in [0.5, 0.6) is 0 Å². The molecule has 0 N–H and O–H groups in total. The van der Waals surface area contributed by atoms with Gasteiger partial charge in [0.1, 0.15) is 12.4 Å². The quantitative estimate of drug-likeness (QED) is 0.816. The van der Waals surface area contributed by atoms with Gasteiger partial charge >= 0.3 is 6.09 Å². The second-order valence-electron chi connectivity index (χ2n) is 4.25. The van der Waals surface area contributed by atoms with Crippen LogP contribution in [0.15, 0.2) is 24.5 Å². The summed E-state index contributed by atoms with van der Waals surface area (Å²) in [6.07, 6.45) is 3.10. The molecule has 3 heterocycles. The molecule has 0 bridgehead atoms. The summed E-state index contributed by atoms with van der Waals surface area (Å²) >= 11 is 0. The van der Waals surface area contributed by atoms with Gasteiger partial charge in [-0.05, 0) is 12.1 Å². The predicted octanol–water partition coefficient (Wildman–Crippen LogP) is 0.829. The molecule has 1 aliphatic heterocycles. The Morgan fingerprint density at radius 3 is 2.84 bits per heavy atom. The van der Waals surface area contributed by atoms with Crippen LogP contribution in [-0.2, 0) is 18.3 Å². The number of carbonyl (C=O) groups excluding carboxylic acids is 1. The lowest BCUT2D eigenvalue weighted by Gasteiger charge is -2.10. The molecule has 1 aliphatic rings. The molecule has 2 aromatic heterocycles. The van der Waals surface area contributed by atoms with Gasteiger partial charge < -0.3 is 4.74 Å². The summed E-state index contributed by atoms with van der Waals surface area (Å²) in [5, 5.41) is 4.35. The highest BCUT2D eigenvalue weighted by Crippen LogP contribution is 2.15. The Hall–Kier alpha value is -2.44. The van der Waals surface area contributed by atoms with E-state index in [2.05, 4.69) is 15.1 Å². The van der Waals surface area contributed by atoms with Gasteiger partial charge in [0.25, 0.3) is 0 Å². The molecule has 1 amide bonds. The first-order valence-electron chi connectivity index (χ1n) is 5.96. The van der Waals surface area contributed by atoms with Crippen LogP contribution in [0.1, 0.15) is 5.82 Å². The molecule has 0 atom stereocenters. The van der Waals surface area contributed by atoms with Crippen LogP contribution in [-0.4, -0.2) is 43.9 Å². The summed E-state index contributed by atoms with van der Waals surface area (Å²) in [6.45, 7) is 1.44. The molecule has 7 nitrogen and oxygen atoms in total. The molecule has 0 aromatic carbocycles. The lowest BCUT2D eigenvalue weighted by molar-refractivity contribution is 0.156. The fourth-order valence-corrected chi connectivity index (χ4v) is 1.92. The minimum Gasteiger partial charge on any atom is -0.448 e. The number of amides is 1. The first-order chi connectivity index (χ1) is 9.24. The number of cyclic esters (lactones) is 1. The molecule has 2 aromatic rings. The van der Waals surface area contributed by atoms with Crippen molar-refractivity contribution in [3.63, 3.8) is 0 Å². The van der Waals surface area contributed by atoms with Crippen molar-refractivity contribution in [1.29, 1.82) is 0 Å². The highest BCUT2D eigenvalue weighted by molar-refractivity contribution is 5.69. The Morgan fingerprint density at radius 1 is 1.37 bits per heavy atom. The Balaban J connectivity index is 1.84. The van der Waals surface area contributed by atoms with Gasteiger partial charge in [0.05, 0.1) is 13.1 Å². The van der Waals surface area contributed by atoms with E-state index >= 15 is 0 Å². The zero-order chi connectivity index (χ0) is 13.2. The van der Waals surface area contributed by atoms with Gasteiger partial charge in [-0.3, -0.25) is 14.6 Å². The van der Waals surface area contributed by atoms with E-state index in [4.69, 9.17) is 4.74 Å². The fourth-order valence-electron chi connectivity index (χ4n) is 1.92. The molecular weight excluding hydrogens is 246 g/mol. The van der Waals surface area contributed by atoms with Crippen molar-refractivity contribution in [3.05, 3.63) is 30.4 Å². The summed E-state index contributed by atoms with van der Waals surface area (Å²) in [5.41, 5.74) is 0.904. The number of rotatable bonds is 3. The first-order valence-corrected chi connectivity index (χ1v) is 5.96. The Bertz CT molecular complexity index is 595. The zero-order valence-electron chi connectivity index (χ0n) is 10.5. The van der Waals surface area contributed by atoms with Crippen LogP contribution < -0.4 is 0 Å². The van der Waals surface area contributed by atoms with Crippen molar-refractivity contribution in [2.45, 2.75) is 6.54 Å². The molecule has 0 saturated carbocycles. The van der Waals surface area contributed by atoms with E-state index in [1.54, 1.807) is 22.0 Å². The van der Waals surface area contributed by atoms with Gasteiger partial charge in [-0.2, -0.15) is 5.10 Å². The van der Waals surface area contributed by atoms with Crippen LogP contribution in [0.4, 0.5) is 4.79 Å². The van der Waals surface area contributed by atoms with Crippen molar-refractivity contribution >= 4 is 6.09 Å². The second kappa shape index (κ2) is 4.68. The molecule has 0 unspecified atom stereocenters. The van der Waals surface area contributed by atoms with Gasteiger partial charge in [0, 0.05) is 25.0 Å². The monoisotopic (exact) mass is 259 g/mol. The lowest BCUT2D eigenvalue weighted by Crippen LogP contribution is -2.25. The Morgan fingerprint density at radius 2 is 2.16 bits per heavy atom. The molecule has 98 valence electrons. The van der Waals surface area contributed by atoms with Crippen molar-refractivity contribution in [2.24, 2.45) is 7.05 Å². The van der Waals surface area contributed by atoms with Crippen molar-refractivity contribution in [3.8, 4) is 11.4 Å². The van der Waals surface area contributed by atoms with E-state index in [0.717, 1.165) is 11.4 Å². The van der Waals surface area contributed by atoms with E-state index < -0.39 is 0 Å². The maximum atomic E-state index is 11.4. The van der Waals surface area contributed by atoms with E-state index in [-0.39, 0.29) is 6.09 Å². The summed E-state index contributed by atoms with van der Waals surface area (Å²) in [4.78, 5) is 21.4. The van der Waals surface area contributed by atoms with Crippen LogP contribution >= 0.6 is 0 Å². The maximum absolute atomic E-state index is 11.4. The van der Waals surface area contributed by atoms with Crippen LogP contribution in [0.2, 0.25) is 0 Å². The number of aromatic nitrogens is 4. The van der Waals surface area contributed by atoms with E-state index in [0.29, 0.717) is 25.5 Å². The molecule has 3 rings (SSSR count). The molecule has 1 fully saturated rings. The number of aryl methyl sites for hydroxylation is 1. The lowest BCUT2D eigenvalue weighted by atomic mass is 10.2. The molecule has 7 heteroatoms. The normalized spacial score (nSPS) is 14.8. The maximum Gasteiger partial charge on any atom is 0.410 e. The van der Waals surface area contributed by atoms with Gasteiger partial charge in [-0.15, -0.1) is 0 Å². The summed E-state index contributed by atoms with van der Waals surface area (Å²) < 4.78 is 6.57. The molecule has 1 saturated heterocycles. The third kappa shape index (κ3) is 2.26. The van der Waals surface area contributed by atoms with Gasteiger partial charge in [0.15, 0.2) is 5.82 Å². The number of ether oxygens (including phenoxy) is 1. The fraction of sp³-hybridized carbons (Fsp3) is 0.333. The number of carbonyl (C=O) groups is 1. The highest BCUT2D eigenvalue weighted by atomic mass is 16.6. The van der Waals surface area contributed by atoms with Gasteiger partial charge in [-0.25, -0.2) is 9.78 Å². The van der Waals surface area contributed by atoms with Gasteiger partial charge in [0.2, 0.25) is 0 Å². The molecule has 0 spiro atoms. The number of hydrogen-bond donors (Lipinski definition) is 0. The SMILES string of the molecule is Cn1nc(-c2ccncc2)nc1CN1CCOC1=O. The summed E-state index contributed by atoms with van der Waals surface area (Å²) in [5.74, 6) is 1.36. The first kappa shape index (κ1) is 11.6. The van der Waals surface area contributed by atoms with Crippen LogP contribution in [0, 0.1) is 0 Å². The summed E-state index contributed by atoms with van der Waals surface area (Å²) in [6, 6.07) is 3.70. The van der Waals surface area contributed by atoms with Crippen molar-refractivity contribution in [2.75, 3.05) is 13.2 Å². The standard InChI is InChI=1S/C12H13N5O2/c1-16-10(8-17-6-7-19-12(17)18)14-11(15-16)9-2-4-13-5-3-9/h2-5H,6-8H2,1H3. The summed E-state index contributed by atoms with van der Waals surface area (Å²) in [7, 11) is 1.81. The van der Waals surface area contributed by atoms with E-state index in [9.17, 15) is 4.79 Å². The zero-order valence-corrected chi connectivity index (χ0v) is 10.5. The smallest absolute Gasteiger partial charge is 0.410 e. The predicted molar refractivity (Wildman–Crippen MR) is 66.0 cm³/mol. The van der Waals surface area contributed by atoms with Crippen molar-refractivity contribution in [1.82, 2.24) is 24.6 Å². The molecule has 19 heavy (non-hydrogen) atoms.